The van der Waals surface area contributed by atoms with E-state index in [1.165, 1.54) is 0 Å². The summed E-state index contributed by atoms with van der Waals surface area (Å²) < 4.78 is 7.27. The second-order valence-corrected chi connectivity index (χ2v) is 6.06. The smallest absolute Gasteiger partial charge is 0.278 e. The number of nitrogens with one attached hydrogen (secondary N) is 1. The molecule has 134 valence electrons. The Morgan fingerprint density at radius 3 is 2.46 bits per heavy atom. The van der Waals surface area contributed by atoms with Gasteiger partial charge < -0.3 is 10.1 Å². The third-order valence-corrected chi connectivity index (χ3v) is 4.20. The summed E-state index contributed by atoms with van der Waals surface area (Å²) in [6.45, 7) is 8.30. The van der Waals surface area contributed by atoms with Crippen molar-refractivity contribution in [3.8, 4) is 11.4 Å². The summed E-state index contributed by atoms with van der Waals surface area (Å²) >= 11 is 0. The fourth-order valence-electron chi connectivity index (χ4n) is 2.92. The molecule has 6 nitrogen and oxygen atoms in total. The lowest BCUT2D eigenvalue weighted by Crippen LogP contribution is -2.15. The lowest BCUT2D eigenvalue weighted by molar-refractivity contribution is 0.102. The van der Waals surface area contributed by atoms with Gasteiger partial charge in [0.05, 0.1) is 23.7 Å². The number of aryl methyl sites for hydroxylation is 2. The van der Waals surface area contributed by atoms with Gasteiger partial charge in [-0.1, -0.05) is 35.5 Å². The van der Waals surface area contributed by atoms with Crippen LogP contribution in [-0.2, 0) is 0 Å². The standard InChI is InChI=1S/C20H22N4O2/c1-5-26-17-12-7-6-11-16(17)21-20(25)18-15(4)24(23-22-18)19-13(2)9-8-10-14(19)3/h6-12H,5H2,1-4H3,(H,21,25). The molecule has 3 rings (SSSR count). The molecular formula is C20H22N4O2. The molecule has 0 unspecified atom stereocenters. The number of aromatic nitrogens is 3. The predicted octanol–water partition coefficient (Wildman–Crippen LogP) is 3.84. The highest BCUT2D eigenvalue weighted by atomic mass is 16.5. The number of hydrogen-bond donors (Lipinski definition) is 1. The van der Waals surface area contributed by atoms with Crippen molar-refractivity contribution in [2.45, 2.75) is 27.7 Å². The molecule has 0 atom stereocenters. The maximum absolute atomic E-state index is 12.7. The summed E-state index contributed by atoms with van der Waals surface area (Å²) in [7, 11) is 0. The van der Waals surface area contributed by atoms with Crippen molar-refractivity contribution in [1.82, 2.24) is 15.0 Å². The third kappa shape index (κ3) is 3.31. The van der Waals surface area contributed by atoms with Gasteiger partial charge in [-0.2, -0.15) is 0 Å². The number of carbonyl (C=O) groups is 1. The van der Waals surface area contributed by atoms with E-state index in [-0.39, 0.29) is 5.91 Å². The second kappa shape index (κ2) is 7.39. The SMILES string of the molecule is CCOc1ccccc1NC(=O)c1nnn(-c2c(C)cccc2C)c1C. The van der Waals surface area contributed by atoms with E-state index in [1.54, 1.807) is 10.7 Å². The number of rotatable bonds is 5. The Balaban J connectivity index is 1.92. The van der Waals surface area contributed by atoms with Gasteiger partial charge in [-0.15, -0.1) is 5.10 Å². The summed E-state index contributed by atoms with van der Waals surface area (Å²) in [6, 6.07) is 13.4. The van der Waals surface area contributed by atoms with Crippen LogP contribution in [0.5, 0.6) is 5.75 Å². The molecule has 6 heteroatoms. The maximum Gasteiger partial charge on any atom is 0.278 e. The first-order chi connectivity index (χ1) is 12.5. The van der Waals surface area contributed by atoms with Gasteiger partial charge in [-0.3, -0.25) is 4.79 Å². The first-order valence-corrected chi connectivity index (χ1v) is 8.55. The third-order valence-electron chi connectivity index (χ3n) is 4.20. The number of anilines is 1. The van der Waals surface area contributed by atoms with Crippen LogP contribution in [0.2, 0.25) is 0 Å². The van der Waals surface area contributed by atoms with Crippen LogP contribution in [0.15, 0.2) is 42.5 Å². The van der Waals surface area contributed by atoms with E-state index in [2.05, 4.69) is 15.6 Å². The minimum atomic E-state index is -0.313. The Hall–Kier alpha value is -3.15. The molecule has 0 aliphatic rings. The first-order valence-electron chi connectivity index (χ1n) is 8.55. The van der Waals surface area contributed by atoms with Crippen LogP contribution in [0.3, 0.4) is 0 Å². The monoisotopic (exact) mass is 350 g/mol. The van der Waals surface area contributed by atoms with Crippen LogP contribution in [0, 0.1) is 20.8 Å². The molecule has 1 amide bonds. The molecule has 0 bridgehead atoms. The van der Waals surface area contributed by atoms with Crippen LogP contribution in [0.25, 0.3) is 5.69 Å². The Kier molecular flexibility index (Phi) is 5.02. The molecule has 0 saturated heterocycles. The molecule has 1 heterocycles. The molecule has 26 heavy (non-hydrogen) atoms. The highest BCUT2D eigenvalue weighted by molar-refractivity contribution is 6.04. The average molecular weight is 350 g/mol. The zero-order valence-electron chi connectivity index (χ0n) is 15.4. The predicted molar refractivity (Wildman–Crippen MR) is 101 cm³/mol. The molecule has 0 spiro atoms. The van der Waals surface area contributed by atoms with Crippen molar-refractivity contribution in [2.75, 3.05) is 11.9 Å². The first kappa shape index (κ1) is 17.7. The van der Waals surface area contributed by atoms with Crippen LogP contribution >= 0.6 is 0 Å². The average Bonchev–Trinajstić information content (AvgIpc) is 2.98. The van der Waals surface area contributed by atoms with E-state index in [1.807, 2.05) is 64.1 Å². The highest BCUT2D eigenvalue weighted by Crippen LogP contribution is 2.25. The van der Waals surface area contributed by atoms with Crippen molar-refractivity contribution in [2.24, 2.45) is 0 Å². The summed E-state index contributed by atoms with van der Waals surface area (Å²) in [5.41, 5.74) is 4.69. The number of para-hydroxylation sites is 3. The van der Waals surface area contributed by atoms with Gasteiger partial charge in [0.15, 0.2) is 5.69 Å². The van der Waals surface area contributed by atoms with Gasteiger partial charge in [-0.25, -0.2) is 4.68 Å². The van der Waals surface area contributed by atoms with E-state index < -0.39 is 0 Å². The molecule has 1 aromatic heterocycles. The van der Waals surface area contributed by atoms with Crippen molar-refractivity contribution < 1.29 is 9.53 Å². The van der Waals surface area contributed by atoms with Crippen LogP contribution in [0.1, 0.15) is 34.2 Å². The number of nitrogens with zero attached hydrogens (tertiary/aromatic N) is 3. The molecule has 3 aromatic rings. The zero-order valence-corrected chi connectivity index (χ0v) is 15.4. The molecule has 0 aliphatic carbocycles. The number of carbonyl (C=O) groups excluding carboxylic acids is 1. The van der Waals surface area contributed by atoms with Gasteiger partial charge in [0.2, 0.25) is 0 Å². The summed E-state index contributed by atoms with van der Waals surface area (Å²) in [6.07, 6.45) is 0. The molecule has 1 N–H and O–H groups in total. The Morgan fingerprint density at radius 1 is 1.08 bits per heavy atom. The fraction of sp³-hybridized carbons (Fsp3) is 0.250. The summed E-state index contributed by atoms with van der Waals surface area (Å²) in [4.78, 5) is 12.7. The van der Waals surface area contributed by atoms with Crippen molar-refractivity contribution in [3.05, 3.63) is 65.0 Å². The number of benzene rings is 2. The quantitative estimate of drug-likeness (QED) is 0.759. The van der Waals surface area contributed by atoms with Gasteiger partial charge in [-0.05, 0) is 51.0 Å². The second-order valence-electron chi connectivity index (χ2n) is 6.06. The van der Waals surface area contributed by atoms with Crippen molar-refractivity contribution in [1.29, 1.82) is 0 Å². The van der Waals surface area contributed by atoms with E-state index >= 15 is 0 Å². The van der Waals surface area contributed by atoms with Crippen molar-refractivity contribution >= 4 is 11.6 Å². The molecule has 2 aromatic carbocycles. The van der Waals surface area contributed by atoms with Crippen LogP contribution in [-0.4, -0.2) is 27.5 Å². The maximum atomic E-state index is 12.7. The number of amides is 1. The van der Waals surface area contributed by atoms with E-state index in [0.29, 0.717) is 29.4 Å². The number of ether oxygens (including phenoxy) is 1. The summed E-state index contributed by atoms with van der Waals surface area (Å²) in [5, 5.41) is 11.2. The Labute approximate surface area is 152 Å². The van der Waals surface area contributed by atoms with Gasteiger partial charge in [0.1, 0.15) is 5.75 Å². The minimum Gasteiger partial charge on any atom is -0.492 e. The van der Waals surface area contributed by atoms with Gasteiger partial charge >= 0.3 is 0 Å². The zero-order chi connectivity index (χ0) is 18.7. The van der Waals surface area contributed by atoms with E-state index in [4.69, 9.17) is 4.74 Å². The van der Waals surface area contributed by atoms with Crippen molar-refractivity contribution in [3.63, 3.8) is 0 Å². The molecule has 0 fully saturated rings. The lowest BCUT2D eigenvalue weighted by atomic mass is 10.1. The normalized spacial score (nSPS) is 10.6. The molecule has 0 saturated carbocycles. The van der Waals surface area contributed by atoms with Crippen LogP contribution in [0.4, 0.5) is 5.69 Å². The molecule has 0 aliphatic heterocycles. The fourth-order valence-corrected chi connectivity index (χ4v) is 2.92. The van der Waals surface area contributed by atoms with Gasteiger partial charge in [0, 0.05) is 0 Å². The Morgan fingerprint density at radius 2 is 1.77 bits per heavy atom. The van der Waals surface area contributed by atoms with Crippen LogP contribution < -0.4 is 10.1 Å². The van der Waals surface area contributed by atoms with E-state index in [0.717, 1.165) is 16.8 Å². The Bertz CT molecular complexity index is 926. The molecule has 0 radical (unpaired) electrons. The van der Waals surface area contributed by atoms with Gasteiger partial charge in [0.25, 0.3) is 5.91 Å². The van der Waals surface area contributed by atoms with E-state index in [9.17, 15) is 4.79 Å². The topological polar surface area (TPSA) is 69.0 Å². The lowest BCUT2D eigenvalue weighted by Gasteiger charge is -2.12. The minimum absolute atomic E-state index is 0.291. The molecular weight excluding hydrogens is 328 g/mol. The largest absolute Gasteiger partial charge is 0.492 e. The number of hydrogen-bond acceptors (Lipinski definition) is 4. The highest BCUT2D eigenvalue weighted by Gasteiger charge is 2.20. The summed E-state index contributed by atoms with van der Waals surface area (Å²) in [5.74, 6) is 0.315.